The van der Waals surface area contributed by atoms with E-state index in [0.717, 1.165) is 0 Å². The lowest BCUT2D eigenvalue weighted by atomic mass is 10.0. The number of hydrogen-bond donors (Lipinski definition) is 2. The zero-order chi connectivity index (χ0) is 12.4. The summed E-state index contributed by atoms with van der Waals surface area (Å²) in [6.07, 6.45) is -5.11. The van der Waals surface area contributed by atoms with Crippen LogP contribution in [0.25, 0.3) is 0 Å². The molecule has 16 heavy (non-hydrogen) atoms. The van der Waals surface area contributed by atoms with Crippen molar-refractivity contribution in [3.05, 3.63) is 35.9 Å². The van der Waals surface area contributed by atoms with Gasteiger partial charge in [-0.2, -0.15) is 13.2 Å². The van der Waals surface area contributed by atoms with Gasteiger partial charge in [-0.15, -0.1) is 0 Å². The van der Waals surface area contributed by atoms with E-state index in [2.05, 4.69) is 0 Å². The lowest BCUT2D eigenvalue weighted by Gasteiger charge is -2.29. The summed E-state index contributed by atoms with van der Waals surface area (Å²) < 4.78 is 37.0. The molecule has 0 bridgehead atoms. The fraction of sp³-hybridized carbons (Fsp3) is 0.400. The van der Waals surface area contributed by atoms with E-state index >= 15 is 0 Å². The van der Waals surface area contributed by atoms with Crippen LogP contribution >= 0.6 is 11.6 Å². The average molecular weight is 254 g/mol. The molecule has 1 rings (SSSR count). The van der Waals surface area contributed by atoms with Gasteiger partial charge in [0.05, 0.1) is 6.04 Å². The van der Waals surface area contributed by atoms with Gasteiger partial charge in [0.1, 0.15) is 0 Å². The van der Waals surface area contributed by atoms with Gasteiger partial charge in [0.15, 0.2) is 0 Å². The third-order valence-corrected chi connectivity index (χ3v) is 2.68. The van der Waals surface area contributed by atoms with Gasteiger partial charge in [-0.3, -0.25) is 0 Å². The quantitative estimate of drug-likeness (QED) is 0.810. The summed E-state index contributed by atoms with van der Waals surface area (Å²) >= 11 is 5.02. The van der Waals surface area contributed by atoms with E-state index in [4.69, 9.17) is 22.4 Å². The number of alkyl halides is 4. The molecule has 0 amide bonds. The molecule has 0 radical (unpaired) electrons. The summed E-state index contributed by atoms with van der Waals surface area (Å²) in [5.74, 6) is 0. The van der Waals surface area contributed by atoms with Gasteiger partial charge < -0.3 is 10.8 Å². The Morgan fingerprint density at radius 3 is 2.19 bits per heavy atom. The van der Waals surface area contributed by atoms with Crippen molar-refractivity contribution < 1.29 is 18.3 Å². The molecule has 1 aromatic rings. The molecule has 0 aliphatic heterocycles. The highest BCUT2D eigenvalue weighted by Gasteiger charge is 2.56. The molecule has 90 valence electrons. The van der Waals surface area contributed by atoms with Crippen molar-refractivity contribution >= 4 is 11.6 Å². The van der Waals surface area contributed by atoms with E-state index in [1.807, 2.05) is 0 Å². The fourth-order valence-corrected chi connectivity index (χ4v) is 1.29. The van der Waals surface area contributed by atoms with Crippen LogP contribution in [0.1, 0.15) is 5.56 Å². The molecule has 2 unspecified atom stereocenters. The first-order valence-electron chi connectivity index (χ1n) is 4.52. The van der Waals surface area contributed by atoms with Gasteiger partial charge in [-0.05, 0) is 12.0 Å². The minimum atomic E-state index is -4.96. The molecule has 6 heteroatoms. The van der Waals surface area contributed by atoms with Gasteiger partial charge in [-0.25, -0.2) is 0 Å². The van der Waals surface area contributed by atoms with Gasteiger partial charge in [0.25, 0.3) is 5.06 Å². The third-order valence-electron chi connectivity index (χ3n) is 2.19. The number of rotatable bonds is 3. The first-order valence-corrected chi connectivity index (χ1v) is 4.90. The van der Waals surface area contributed by atoms with Gasteiger partial charge in [0.2, 0.25) is 0 Å². The number of halogens is 4. The Hall–Kier alpha value is -0.780. The maximum Gasteiger partial charge on any atom is 0.433 e. The van der Waals surface area contributed by atoms with Crippen molar-refractivity contribution in [2.75, 3.05) is 0 Å². The van der Waals surface area contributed by atoms with E-state index in [0.29, 0.717) is 5.56 Å². The molecule has 0 spiro atoms. The van der Waals surface area contributed by atoms with Crippen molar-refractivity contribution in [3.63, 3.8) is 0 Å². The summed E-state index contributed by atoms with van der Waals surface area (Å²) in [7, 11) is 0. The predicted octanol–water partition coefficient (Wildman–Crippen LogP) is 2.05. The van der Waals surface area contributed by atoms with Crippen molar-refractivity contribution in [2.45, 2.75) is 23.7 Å². The standard InChI is InChI=1S/C10H11ClF3NO/c11-9(16,10(12,13)14)8(15)6-7-4-2-1-3-5-7/h1-5,8,16H,6,15H2. The lowest BCUT2D eigenvalue weighted by molar-refractivity contribution is -0.230. The van der Waals surface area contributed by atoms with Gasteiger partial charge >= 0.3 is 6.18 Å². The van der Waals surface area contributed by atoms with Crippen LogP contribution in [-0.4, -0.2) is 22.4 Å². The number of hydrogen-bond acceptors (Lipinski definition) is 2. The molecule has 0 aliphatic rings. The maximum atomic E-state index is 12.3. The molecular weight excluding hydrogens is 243 g/mol. The average Bonchev–Trinajstić information content (AvgIpc) is 2.17. The molecule has 0 heterocycles. The highest BCUT2D eigenvalue weighted by atomic mass is 35.5. The van der Waals surface area contributed by atoms with Crippen LogP contribution in [0.5, 0.6) is 0 Å². The highest BCUT2D eigenvalue weighted by Crippen LogP contribution is 2.36. The molecule has 0 aromatic heterocycles. The Kier molecular flexibility index (Phi) is 3.83. The topological polar surface area (TPSA) is 46.2 Å². The normalized spacial score (nSPS) is 17.9. The molecule has 2 atom stereocenters. The molecule has 1 aromatic carbocycles. The first-order chi connectivity index (χ1) is 7.25. The van der Waals surface area contributed by atoms with E-state index in [9.17, 15) is 13.2 Å². The number of nitrogens with two attached hydrogens (primary N) is 1. The maximum absolute atomic E-state index is 12.3. The third kappa shape index (κ3) is 2.87. The molecule has 0 fully saturated rings. The Labute approximate surface area is 95.8 Å². The van der Waals surface area contributed by atoms with E-state index < -0.39 is 17.3 Å². The lowest BCUT2D eigenvalue weighted by Crippen LogP contribution is -2.55. The SMILES string of the molecule is NC(Cc1ccccc1)C(O)(Cl)C(F)(F)F. The fourth-order valence-electron chi connectivity index (χ4n) is 1.21. The predicted molar refractivity (Wildman–Crippen MR) is 55.0 cm³/mol. The number of benzene rings is 1. The Bertz CT molecular complexity index is 340. The van der Waals surface area contributed by atoms with Crippen LogP contribution in [0.15, 0.2) is 30.3 Å². The van der Waals surface area contributed by atoms with Crippen molar-refractivity contribution in [1.29, 1.82) is 0 Å². The summed E-state index contributed by atoms with van der Waals surface area (Å²) in [6, 6.07) is 6.68. The van der Waals surface area contributed by atoms with Crippen LogP contribution in [0.4, 0.5) is 13.2 Å². The van der Waals surface area contributed by atoms with E-state index in [1.165, 1.54) is 0 Å². The van der Waals surface area contributed by atoms with Gasteiger partial charge in [0, 0.05) is 0 Å². The van der Waals surface area contributed by atoms with E-state index in [1.54, 1.807) is 30.3 Å². The van der Waals surface area contributed by atoms with Crippen LogP contribution < -0.4 is 5.73 Å². The highest BCUT2D eigenvalue weighted by molar-refractivity contribution is 6.23. The Balaban J connectivity index is 2.76. The summed E-state index contributed by atoms with van der Waals surface area (Å²) in [5, 5.41) is 5.70. The van der Waals surface area contributed by atoms with Crippen LogP contribution in [0.2, 0.25) is 0 Å². The smallest absolute Gasteiger partial charge is 0.366 e. The molecule has 2 nitrogen and oxygen atoms in total. The molecular formula is C10H11ClF3NO. The minimum absolute atomic E-state index is 0.152. The summed E-state index contributed by atoms with van der Waals surface area (Å²) in [5.41, 5.74) is 5.85. The second kappa shape index (κ2) is 4.61. The molecule has 0 saturated carbocycles. The van der Waals surface area contributed by atoms with Crippen molar-refractivity contribution in [3.8, 4) is 0 Å². The summed E-state index contributed by atoms with van der Waals surface area (Å²) in [4.78, 5) is 0. The summed E-state index contributed by atoms with van der Waals surface area (Å²) in [6.45, 7) is 0. The molecule has 0 saturated heterocycles. The van der Waals surface area contributed by atoms with Crippen molar-refractivity contribution in [2.24, 2.45) is 5.73 Å². The zero-order valence-corrected chi connectivity index (χ0v) is 8.96. The molecule has 3 N–H and O–H groups in total. The Morgan fingerprint density at radius 1 is 1.25 bits per heavy atom. The Morgan fingerprint density at radius 2 is 1.75 bits per heavy atom. The molecule has 0 aliphatic carbocycles. The van der Waals surface area contributed by atoms with Crippen LogP contribution in [0, 0.1) is 0 Å². The zero-order valence-electron chi connectivity index (χ0n) is 8.21. The first kappa shape index (κ1) is 13.3. The van der Waals surface area contributed by atoms with Crippen LogP contribution in [0.3, 0.4) is 0 Å². The largest absolute Gasteiger partial charge is 0.433 e. The second-order valence-electron chi connectivity index (χ2n) is 3.47. The van der Waals surface area contributed by atoms with E-state index in [-0.39, 0.29) is 6.42 Å². The monoisotopic (exact) mass is 253 g/mol. The van der Waals surface area contributed by atoms with Crippen molar-refractivity contribution in [1.82, 2.24) is 0 Å². The second-order valence-corrected chi connectivity index (χ2v) is 4.04. The van der Waals surface area contributed by atoms with Crippen LogP contribution in [-0.2, 0) is 6.42 Å². The van der Waals surface area contributed by atoms with Gasteiger partial charge in [-0.1, -0.05) is 41.9 Å². The minimum Gasteiger partial charge on any atom is -0.366 e. The number of aliphatic hydroxyl groups is 1.